The quantitative estimate of drug-likeness (QED) is 0.250. The molecule has 3 nitrogen and oxygen atoms in total. The van der Waals surface area contributed by atoms with Gasteiger partial charge in [-0.25, -0.2) is 9.18 Å². The molecule has 0 aliphatic rings. The van der Waals surface area contributed by atoms with Crippen molar-refractivity contribution in [3.8, 4) is 5.75 Å². The summed E-state index contributed by atoms with van der Waals surface area (Å²) in [6.45, 7) is 0. The Labute approximate surface area is 160 Å². The lowest BCUT2D eigenvalue weighted by Crippen LogP contribution is -2.08. The van der Waals surface area contributed by atoms with Gasteiger partial charge in [0.25, 0.3) is 0 Å². The van der Waals surface area contributed by atoms with E-state index in [0.29, 0.717) is 10.6 Å². The summed E-state index contributed by atoms with van der Waals surface area (Å²) in [6, 6.07) is 18.4. The Hall–Kier alpha value is -3.24. The van der Waals surface area contributed by atoms with E-state index in [2.05, 4.69) is 0 Å². The molecule has 5 heteroatoms. The highest BCUT2D eigenvalue weighted by Gasteiger charge is 2.09. The predicted octanol–water partition coefficient (Wildman–Crippen LogP) is 5.59. The van der Waals surface area contributed by atoms with Crippen LogP contribution in [0.25, 0.3) is 6.08 Å². The van der Waals surface area contributed by atoms with Crippen molar-refractivity contribution >= 4 is 29.4 Å². The Morgan fingerprint density at radius 2 is 1.48 bits per heavy atom. The first-order chi connectivity index (χ1) is 13.0. The minimum Gasteiger partial charge on any atom is -0.423 e. The lowest BCUT2D eigenvalue weighted by atomic mass is 10.1. The van der Waals surface area contributed by atoms with E-state index >= 15 is 0 Å². The van der Waals surface area contributed by atoms with Crippen LogP contribution in [0, 0.1) is 5.82 Å². The van der Waals surface area contributed by atoms with Gasteiger partial charge in [-0.3, -0.25) is 4.79 Å². The van der Waals surface area contributed by atoms with Gasteiger partial charge in [-0.05, 0) is 72.3 Å². The summed E-state index contributed by atoms with van der Waals surface area (Å²) in [4.78, 5) is 24.2. The molecule has 3 rings (SSSR count). The zero-order chi connectivity index (χ0) is 19.2. The third-order valence-electron chi connectivity index (χ3n) is 3.75. The molecule has 0 saturated heterocycles. The molecule has 0 aromatic heterocycles. The van der Waals surface area contributed by atoms with Crippen molar-refractivity contribution in [1.82, 2.24) is 0 Å². The van der Waals surface area contributed by atoms with Crippen molar-refractivity contribution in [3.05, 3.63) is 106 Å². The van der Waals surface area contributed by atoms with Gasteiger partial charge in [-0.2, -0.15) is 0 Å². The van der Waals surface area contributed by atoms with E-state index in [9.17, 15) is 14.0 Å². The van der Waals surface area contributed by atoms with Gasteiger partial charge in [0.2, 0.25) is 0 Å². The number of hydrogen-bond donors (Lipinski definition) is 0. The fourth-order valence-corrected chi connectivity index (χ4v) is 2.51. The third-order valence-corrected chi connectivity index (χ3v) is 4.09. The summed E-state index contributed by atoms with van der Waals surface area (Å²) in [6.07, 6.45) is 3.08. The number of carbonyl (C=O) groups is 2. The standard InChI is InChI=1S/C22H14ClFO3/c23-20-4-2-1-3-15(20)9-14-21(25)16-7-12-19(13-8-16)27-22(26)17-5-10-18(24)11-6-17/h1-14H. The Morgan fingerprint density at radius 3 is 2.15 bits per heavy atom. The SMILES string of the molecule is O=C(C=Cc1ccccc1Cl)c1ccc(OC(=O)c2ccc(F)cc2)cc1. The van der Waals surface area contributed by atoms with Crippen LogP contribution < -0.4 is 4.74 Å². The summed E-state index contributed by atoms with van der Waals surface area (Å²) in [5, 5.41) is 0.560. The number of benzene rings is 3. The predicted molar refractivity (Wildman–Crippen MR) is 103 cm³/mol. The maximum absolute atomic E-state index is 12.9. The molecule has 0 atom stereocenters. The molecule has 0 aliphatic carbocycles. The van der Waals surface area contributed by atoms with Crippen LogP contribution in [0.15, 0.2) is 78.9 Å². The highest BCUT2D eigenvalue weighted by Crippen LogP contribution is 2.18. The molecule has 0 aliphatic heterocycles. The van der Waals surface area contributed by atoms with Crippen molar-refractivity contribution in [1.29, 1.82) is 0 Å². The molecule has 3 aromatic carbocycles. The van der Waals surface area contributed by atoms with Crippen molar-refractivity contribution in [2.45, 2.75) is 0 Å². The fraction of sp³-hybridized carbons (Fsp3) is 0. The molecular formula is C22H14ClFO3. The molecule has 0 saturated carbocycles. The van der Waals surface area contributed by atoms with Gasteiger partial charge >= 0.3 is 5.97 Å². The first-order valence-corrected chi connectivity index (χ1v) is 8.45. The molecule has 134 valence electrons. The van der Waals surface area contributed by atoms with Gasteiger partial charge in [0.1, 0.15) is 11.6 Å². The lowest BCUT2D eigenvalue weighted by molar-refractivity contribution is 0.0734. The van der Waals surface area contributed by atoms with E-state index in [0.717, 1.165) is 5.56 Å². The summed E-state index contributed by atoms with van der Waals surface area (Å²) < 4.78 is 18.1. The van der Waals surface area contributed by atoms with Crippen LogP contribution in [0.3, 0.4) is 0 Å². The first-order valence-electron chi connectivity index (χ1n) is 8.08. The number of allylic oxidation sites excluding steroid dienone is 1. The normalized spacial score (nSPS) is 10.7. The molecule has 27 heavy (non-hydrogen) atoms. The molecule has 0 unspecified atom stereocenters. The van der Waals surface area contributed by atoms with Crippen molar-refractivity contribution < 1.29 is 18.7 Å². The number of carbonyl (C=O) groups excluding carboxylic acids is 2. The minimum atomic E-state index is -0.604. The molecule has 3 aromatic rings. The van der Waals surface area contributed by atoms with Crippen LogP contribution in [0.2, 0.25) is 5.02 Å². The molecule has 0 heterocycles. The third kappa shape index (κ3) is 4.90. The molecule has 0 radical (unpaired) electrons. The number of ketones is 1. The van der Waals surface area contributed by atoms with E-state index in [1.54, 1.807) is 24.3 Å². The Kier molecular flexibility index (Phi) is 5.79. The zero-order valence-electron chi connectivity index (χ0n) is 14.1. The van der Waals surface area contributed by atoms with E-state index in [1.807, 2.05) is 18.2 Å². The zero-order valence-corrected chi connectivity index (χ0v) is 14.8. The van der Waals surface area contributed by atoms with Gasteiger partial charge in [-0.1, -0.05) is 29.8 Å². The van der Waals surface area contributed by atoms with Gasteiger partial charge in [0, 0.05) is 10.6 Å². The first kappa shape index (κ1) is 18.5. The second kappa shape index (κ2) is 8.43. The maximum Gasteiger partial charge on any atom is 0.343 e. The van der Waals surface area contributed by atoms with Gasteiger partial charge in [0.15, 0.2) is 5.78 Å². The molecule has 0 fully saturated rings. The smallest absolute Gasteiger partial charge is 0.343 e. The average molecular weight is 381 g/mol. The molecular weight excluding hydrogens is 367 g/mol. The summed E-state index contributed by atoms with van der Waals surface area (Å²) >= 11 is 6.05. The average Bonchev–Trinajstić information content (AvgIpc) is 2.68. The van der Waals surface area contributed by atoms with Crippen molar-refractivity contribution in [2.24, 2.45) is 0 Å². The van der Waals surface area contributed by atoms with Crippen LogP contribution in [-0.4, -0.2) is 11.8 Å². The van der Waals surface area contributed by atoms with E-state index in [1.165, 1.54) is 42.5 Å². The largest absolute Gasteiger partial charge is 0.423 e. The Balaban J connectivity index is 1.66. The van der Waals surface area contributed by atoms with E-state index < -0.39 is 11.8 Å². The fourth-order valence-electron chi connectivity index (χ4n) is 2.31. The van der Waals surface area contributed by atoms with Crippen LogP contribution in [0.1, 0.15) is 26.3 Å². The molecule has 0 bridgehead atoms. The molecule has 0 N–H and O–H groups in total. The summed E-state index contributed by atoms with van der Waals surface area (Å²) in [7, 11) is 0. The van der Waals surface area contributed by atoms with Crippen LogP contribution in [0.4, 0.5) is 4.39 Å². The van der Waals surface area contributed by atoms with Crippen molar-refractivity contribution in [3.63, 3.8) is 0 Å². The summed E-state index contributed by atoms with van der Waals surface area (Å²) in [5.41, 5.74) is 1.43. The number of halogens is 2. The van der Waals surface area contributed by atoms with E-state index in [4.69, 9.17) is 16.3 Å². The van der Waals surface area contributed by atoms with Gasteiger partial charge in [-0.15, -0.1) is 0 Å². The van der Waals surface area contributed by atoms with E-state index in [-0.39, 0.29) is 17.1 Å². The Bertz CT molecular complexity index is 993. The number of rotatable bonds is 5. The highest BCUT2D eigenvalue weighted by molar-refractivity contribution is 6.32. The number of hydrogen-bond acceptors (Lipinski definition) is 3. The second-order valence-corrected chi connectivity index (χ2v) is 6.05. The number of ether oxygens (including phenoxy) is 1. The second-order valence-electron chi connectivity index (χ2n) is 5.64. The van der Waals surface area contributed by atoms with Crippen LogP contribution in [-0.2, 0) is 0 Å². The van der Waals surface area contributed by atoms with Gasteiger partial charge < -0.3 is 4.74 Å². The lowest BCUT2D eigenvalue weighted by Gasteiger charge is -2.05. The molecule has 0 amide bonds. The minimum absolute atomic E-state index is 0.202. The monoisotopic (exact) mass is 380 g/mol. The maximum atomic E-state index is 12.9. The topological polar surface area (TPSA) is 43.4 Å². The van der Waals surface area contributed by atoms with Crippen molar-refractivity contribution in [2.75, 3.05) is 0 Å². The number of esters is 1. The van der Waals surface area contributed by atoms with Gasteiger partial charge in [0.05, 0.1) is 5.56 Å². The molecule has 0 spiro atoms. The van der Waals surface area contributed by atoms with Crippen LogP contribution in [0.5, 0.6) is 5.75 Å². The summed E-state index contributed by atoms with van der Waals surface area (Å²) in [5.74, 6) is -0.950. The van der Waals surface area contributed by atoms with Crippen LogP contribution >= 0.6 is 11.6 Å². The highest BCUT2D eigenvalue weighted by atomic mass is 35.5. The Morgan fingerprint density at radius 1 is 0.852 bits per heavy atom.